The number of Topliss-reactive ketones (excluding diaryl/α,β-unsaturated/α-hetero) is 1. The van der Waals surface area contributed by atoms with Gasteiger partial charge in [-0.3, -0.25) is 4.79 Å². The van der Waals surface area contributed by atoms with E-state index in [4.69, 9.17) is 0 Å². The lowest BCUT2D eigenvalue weighted by Gasteiger charge is -2.29. The van der Waals surface area contributed by atoms with Gasteiger partial charge in [-0.2, -0.15) is 0 Å². The van der Waals surface area contributed by atoms with Crippen molar-refractivity contribution in [1.82, 2.24) is 4.57 Å². The van der Waals surface area contributed by atoms with Gasteiger partial charge in [-0.25, -0.2) is 0 Å². The van der Waals surface area contributed by atoms with Crippen LogP contribution in [0.15, 0.2) is 95.8 Å². The van der Waals surface area contributed by atoms with Gasteiger partial charge in [0.05, 0.1) is 17.2 Å². The number of aliphatic hydroxyl groups excluding tert-OH is 1. The number of unbranched alkanes of at least 4 members (excludes halogenated alkanes) is 20. The second kappa shape index (κ2) is 21.1. The van der Waals surface area contributed by atoms with Gasteiger partial charge in [-0.1, -0.05) is 203 Å². The number of hydrogen-bond donors (Lipinski definition) is 1. The van der Waals surface area contributed by atoms with Crippen molar-refractivity contribution in [2.45, 2.75) is 168 Å². The molecule has 58 heavy (non-hydrogen) atoms. The van der Waals surface area contributed by atoms with Crippen LogP contribution in [-0.4, -0.2) is 22.0 Å². The molecule has 1 atom stereocenters. The van der Waals surface area contributed by atoms with E-state index < -0.39 is 0 Å². The van der Waals surface area contributed by atoms with E-state index in [1.807, 2.05) is 6.08 Å². The summed E-state index contributed by atoms with van der Waals surface area (Å²) < 4.78 is 2.41. The summed E-state index contributed by atoms with van der Waals surface area (Å²) in [6, 6.07) is 26.1. The van der Waals surface area contributed by atoms with E-state index in [0.29, 0.717) is 11.1 Å². The predicted octanol–water partition coefficient (Wildman–Crippen LogP) is 15.0. The summed E-state index contributed by atoms with van der Waals surface area (Å²) in [4.78, 5) is 16.6. The van der Waals surface area contributed by atoms with E-state index in [0.717, 1.165) is 36.7 Å². The standard InChI is InChI=1S/C54H70N2O2/c1-3-5-7-9-11-13-15-17-19-21-23-37-55-47-35-27-31-41-29-25-33-43(51(41)47)49(55)39-45-53(57)46(54(45)58)40-50-44-34-26-30-42-32-28-36-48(52(42)44)56(50)38-24-22-20-18-16-14-12-10-8-6-4-2/h25-36,39-40,49,57H,3-24,37-38H2,1-2H3/b45-39?,50-40+. The number of aromatic nitrogens is 1. The average molecular weight is 779 g/mol. The Morgan fingerprint density at radius 1 is 0.569 bits per heavy atom. The van der Waals surface area contributed by atoms with E-state index in [1.165, 1.54) is 167 Å². The highest BCUT2D eigenvalue weighted by Gasteiger charge is 2.37. The van der Waals surface area contributed by atoms with Crippen molar-refractivity contribution in [3.63, 3.8) is 0 Å². The van der Waals surface area contributed by atoms with Crippen LogP contribution in [0, 0.1) is 0 Å². The maximum absolute atomic E-state index is 14.1. The van der Waals surface area contributed by atoms with Gasteiger partial charge in [0.2, 0.25) is 0 Å². The minimum atomic E-state index is -0.0819. The highest BCUT2D eigenvalue weighted by atomic mass is 16.3. The lowest BCUT2D eigenvalue weighted by atomic mass is 9.85. The number of carbonyl (C=O) groups is 1. The zero-order chi connectivity index (χ0) is 40.1. The van der Waals surface area contributed by atoms with E-state index >= 15 is 0 Å². The Hall–Kier alpha value is -4.31. The van der Waals surface area contributed by atoms with Crippen molar-refractivity contribution in [1.29, 1.82) is 0 Å². The molecule has 308 valence electrons. The second-order valence-corrected chi connectivity index (χ2v) is 17.5. The first-order valence-electron chi connectivity index (χ1n) is 23.6. The van der Waals surface area contributed by atoms with Crippen LogP contribution in [-0.2, 0) is 11.3 Å². The molecule has 0 amide bonds. The van der Waals surface area contributed by atoms with Gasteiger partial charge in [0.15, 0.2) is 5.78 Å². The molecule has 0 bridgehead atoms. The molecule has 4 nitrogen and oxygen atoms in total. The smallest absolute Gasteiger partial charge is 0.200 e. The minimum Gasteiger partial charge on any atom is -0.506 e. The Morgan fingerprint density at radius 2 is 1.07 bits per heavy atom. The fraction of sp³-hybridized carbons (Fsp3) is 0.500. The number of ketones is 1. The Labute approximate surface area is 349 Å². The molecule has 1 aromatic heterocycles. The fourth-order valence-electron chi connectivity index (χ4n) is 9.93. The van der Waals surface area contributed by atoms with Crippen LogP contribution in [0.3, 0.4) is 0 Å². The molecule has 1 aliphatic heterocycles. The van der Waals surface area contributed by atoms with Crippen LogP contribution >= 0.6 is 0 Å². The first-order valence-corrected chi connectivity index (χ1v) is 23.6. The molecule has 4 aromatic carbocycles. The maximum atomic E-state index is 14.1. The SMILES string of the molecule is CCCCCCCCCCCCCN1c2cccc3cccc(c23)C1C=C1C(=O)C(/C=c2\c3cccc4cccc(c43)n2CCCCCCCCCCCCC)=C1O. The Morgan fingerprint density at radius 3 is 1.66 bits per heavy atom. The molecule has 1 aliphatic carbocycles. The van der Waals surface area contributed by atoms with Crippen LogP contribution in [0.4, 0.5) is 5.69 Å². The molecule has 0 radical (unpaired) electrons. The molecular formula is C54H70N2O2. The first-order chi connectivity index (χ1) is 28.6. The Balaban J connectivity index is 1.06. The van der Waals surface area contributed by atoms with Crippen molar-refractivity contribution < 1.29 is 9.90 Å². The first kappa shape index (κ1) is 41.8. The summed E-state index contributed by atoms with van der Waals surface area (Å²) in [5, 5.41) is 18.9. The minimum absolute atomic E-state index is 0.0550. The molecule has 7 rings (SSSR count). The van der Waals surface area contributed by atoms with E-state index in [-0.39, 0.29) is 17.6 Å². The summed E-state index contributed by atoms with van der Waals surface area (Å²) in [7, 11) is 0. The largest absolute Gasteiger partial charge is 0.506 e. The van der Waals surface area contributed by atoms with Gasteiger partial charge in [0.1, 0.15) is 5.76 Å². The van der Waals surface area contributed by atoms with Crippen molar-refractivity contribution in [3.05, 3.63) is 107 Å². The Bertz CT molecular complexity index is 2230. The van der Waals surface area contributed by atoms with Crippen LogP contribution in [0.5, 0.6) is 0 Å². The highest BCUT2D eigenvalue weighted by Crippen LogP contribution is 2.46. The molecule has 4 heteroatoms. The average Bonchev–Trinajstić information content (AvgIpc) is 3.72. The van der Waals surface area contributed by atoms with Crippen molar-refractivity contribution >= 4 is 50.0 Å². The molecule has 5 aromatic rings. The van der Waals surface area contributed by atoms with E-state index in [1.54, 1.807) is 0 Å². The number of hydrogen-bond acceptors (Lipinski definition) is 3. The van der Waals surface area contributed by atoms with Gasteiger partial charge in [-0.15, -0.1) is 0 Å². The van der Waals surface area contributed by atoms with Crippen LogP contribution in [0.1, 0.15) is 167 Å². The number of anilines is 1. The third-order valence-electron chi connectivity index (χ3n) is 13.2. The number of rotatable bonds is 26. The topological polar surface area (TPSA) is 45.5 Å². The monoisotopic (exact) mass is 779 g/mol. The van der Waals surface area contributed by atoms with Gasteiger partial charge >= 0.3 is 0 Å². The number of allylic oxidation sites excluding steroid dienone is 2. The van der Waals surface area contributed by atoms with Crippen LogP contribution < -0.4 is 10.2 Å². The van der Waals surface area contributed by atoms with Crippen molar-refractivity contribution in [3.8, 4) is 0 Å². The third kappa shape index (κ3) is 9.59. The summed E-state index contributed by atoms with van der Waals surface area (Å²) in [5.74, 6) is 0.0774. The van der Waals surface area contributed by atoms with E-state index in [2.05, 4.69) is 102 Å². The zero-order valence-electron chi connectivity index (χ0n) is 35.9. The molecule has 0 fully saturated rings. The van der Waals surface area contributed by atoms with Crippen LogP contribution in [0.2, 0.25) is 0 Å². The summed E-state index contributed by atoms with van der Waals surface area (Å²) >= 11 is 0. The van der Waals surface area contributed by atoms with Gasteiger partial charge in [0.25, 0.3) is 0 Å². The molecule has 0 saturated heterocycles. The van der Waals surface area contributed by atoms with Crippen molar-refractivity contribution in [2.75, 3.05) is 11.4 Å². The normalized spacial score (nSPS) is 16.3. The lowest BCUT2D eigenvalue weighted by molar-refractivity contribution is -0.113. The summed E-state index contributed by atoms with van der Waals surface area (Å²) in [5.41, 5.74) is 4.57. The summed E-state index contributed by atoms with van der Waals surface area (Å²) in [6.45, 7) is 6.41. The van der Waals surface area contributed by atoms with Crippen LogP contribution in [0.25, 0.3) is 38.5 Å². The fourth-order valence-corrected chi connectivity index (χ4v) is 9.93. The zero-order valence-corrected chi connectivity index (χ0v) is 35.9. The number of carbonyl (C=O) groups excluding carboxylic acids is 1. The third-order valence-corrected chi connectivity index (χ3v) is 13.2. The maximum Gasteiger partial charge on any atom is 0.200 e. The second-order valence-electron chi connectivity index (χ2n) is 17.5. The van der Waals surface area contributed by atoms with Crippen molar-refractivity contribution in [2.24, 2.45) is 0 Å². The molecule has 2 heterocycles. The number of aryl methyl sites for hydroxylation is 1. The molecular weight excluding hydrogens is 709 g/mol. The molecule has 1 unspecified atom stereocenters. The highest BCUT2D eigenvalue weighted by molar-refractivity contribution is 6.24. The van der Waals surface area contributed by atoms with Gasteiger partial charge < -0.3 is 14.6 Å². The lowest BCUT2D eigenvalue weighted by Crippen LogP contribution is -2.29. The molecule has 0 spiro atoms. The molecule has 0 saturated carbocycles. The van der Waals surface area contributed by atoms with E-state index in [9.17, 15) is 9.90 Å². The quantitative estimate of drug-likeness (QED) is 0.0449. The predicted molar refractivity (Wildman–Crippen MR) is 249 cm³/mol. The Kier molecular flexibility index (Phi) is 15.2. The number of benzene rings is 4. The van der Waals surface area contributed by atoms with Gasteiger partial charge in [0, 0.05) is 45.8 Å². The number of aliphatic hydroxyl groups is 1. The number of nitrogens with zero attached hydrogens (tertiary/aromatic N) is 2. The molecule has 1 N–H and O–H groups in total. The molecule has 2 aliphatic rings. The van der Waals surface area contributed by atoms with Gasteiger partial charge in [-0.05, 0) is 53.5 Å². The summed E-state index contributed by atoms with van der Waals surface area (Å²) in [6.07, 6.45) is 33.0.